The first-order valence-corrected chi connectivity index (χ1v) is 10.0. The Bertz CT molecular complexity index is 822. The molecule has 1 aliphatic heterocycles. The van der Waals surface area contributed by atoms with Crippen molar-refractivity contribution in [1.82, 2.24) is 15.5 Å². The van der Waals surface area contributed by atoms with Crippen molar-refractivity contribution in [2.45, 2.75) is 50.6 Å². The molecule has 0 aromatic heterocycles. The fourth-order valence-electron chi connectivity index (χ4n) is 3.76. The van der Waals surface area contributed by atoms with Gasteiger partial charge < -0.3 is 15.4 Å². The number of carbonyl (C=O) groups excluding carboxylic acids is 4. The molecule has 2 aliphatic rings. The van der Waals surface area contributed by atoms with Gasteiger partial charge in [0.1, 0.15) is 5.54 Å². The standard InChI is InChI=1S/C20H24ClN3O5/c1-13(14-5-4-6-15(21)11-14)22-16(25)12-29-17(26)7-10-24-18(27)20(23-19(24)28)8-2-3-9-20/h4-6,11,13H,2-3,7-10,12H2,1H3,(H,22,25)(H,23,28)/t13-/m0/s1. The minimum absolute atomic E-state index is 0.0637. The Labute approximate surface area is 173 Å². The molecule has 1 aromatic rings. The van der Waals surface area contributed by atoms with Crippen LogP contribution in [-0.2, 0) is 19.1 Å². The lowest BCUT2D eigenvalue weighted by molar-refractivity contribution is -0.149. The van der Waals surface area contributed by atoms with Crippen LogP contribution in [0.2, 0.25) is 5.02 Å². The SMILES string of the molecule is C[C@H](NC(=O)COC(=O)CCN1C(=O)NC2(CCCC2)C1=O)c1cccc(Cl)c1. The van der Waals surface area contributed by atoms with E-state index in [4.69, 9.17) is 16.3 Å². The molecule has 1 spiro atoms. The summed E-state index contributed by atoms with van der Waals surface area (Å²) in [6.07, 6.45) is 2.88. The molecule has 1 aromatic carbocycles. The van der Waals surface area contributed by atoms with Gasteiger partial charge in [0.2, 0.25) is 0 Å². The van der Waals surface area contributed by atoms with Gasteiger partial charge in [-0.1, -0.05) is 36.6 Å². The number of amides is 4. The summed E-state index contributed by atoms with van der Waals surface area (Å²) in [6.45, 7) is 1.29. The summed E-state index contributed by atoms with van der Waals surface area (Å²) in [5.41, 5.74) is 0.0359. The normalized spacial score (nSPS) is 18.6. The van der Waals surface area contributed by atoms with E-state index in [1.807, 2.05) is 6.07 Å². The summed E-state index contributed by atoms with van der Waals surface area (Å²) in [7, 11) is 0. The highest BCUT2D eigenvalue weighted by Crippen LogP contribution is 2.35. The monoisotopic (exact) mass is 421 g/mol. The van der Waals surface area contributed by atoms with Gasteiger partial charge >= 0.3 is 12.0 Å². The third kappa shape index (κ3) is 4.87. The fraction of sp³-hybridized carbons (Fsp3) is 0.500. The molecule has 2 fully saturated rings. The third-order valence-corrected chi connectivity index (χ3v) is 5.57. The summed E-state index contributed by atoms with van der Waals surface area (Å²) in [4.78, 5) is 49.6. The van der Waals surface area contributed by atoms with Crippen LogP contribution in [0.3, 0.4) is 0 Å². The molecule has 3 rings (SSSR count). The fourth-order valence-corrected chi connectivity index (χ4v) is 3.96. The predicted molar refractivity (Wildman–Crippen MR) is 105 cm³/mol. The van der Waals surface area contributed by atoms with E-state index in [9.17, 15) is 19.2 Å². The number of halogens is 1. The van der Waals surface area contributed by atoms with E-state index in [-0.39, 0.29) is 24.9 Å². The van der Waals surface area contributed by atoms with Gasteiger partial charge in [-0.15, -0.1) is 0 Å². The van der Waals surface area contributed by atoms with Crippen molar-refractivity contribution in [1.29, 1.82) is 0 Å². The first-order valence-electron chi connectivity index (χ1n) is 9.65. The number of urea groups is 1. The number of esters is 1. The highest BCUT2D eigenvalue weighted by molar-refractivity contribution is 6.30. The molecular formula is C20H24ClN3O5. The summed E-state index contributed by atoms with van der Waals surface area (Å²) < 4.78 is 4.96. The largest absolute Gasteiger partial charge is 0.456 e. The summed E-state index contributed by atoms with van der Waals surface area (Å²) in [6, 6.07) is 6.32. The average molecular weight is 422 g/mol. The number of ether oxygens (including phenoxy) is 1. The van der Waals surface area contributed by atoms with E-state index in [0.717, 1.165) is 23.3 Å². The first-order chi connectivity index (χ1) is 13.8. The van der Waals surface area contributed by atoms with Gasteiger partial charge in [-0.05, 0) is 37.5 Å². The van der Waals surface area contributed by atoms with Crippen LogP contribution >= 0.6 is 11.6 Å². The average Bonchev–Trinajstić information content (AvgIpc) is 3.24. The van der Waals surface area contributed by atoms with E-state index >= 15 is 0 Å². The Morgan fingerprint density at radius 1 is 1.31 bits per heavy atom. The van der Waals surface area contributed by atoms with Crippen molar-refractivity contribution in [3.63, 3.8) is 0 Å². The Kier molecular flexibility index (Phi) is 6.42. The Balaban J connectivity index is 1.41. The Hall–Kier alpha value is -2.61. The molecule has 2 N–H and O–H groups in total. The summed E-state index contributed by atoms with van der Waals surface area (Å²) in [5.74, 6) is -1.38. The number of imide groups is 1. The highest BCUT2D eigenvalue weighted by Gasteiger charge is 2.52. The molecule has 156 valence electrons. The predicted octanol–water partition coefficient (Wildman–Crippen LogP) is 2.32. The van der Waals surface area contributed by atoms with Crippen LogP contribution in [0.15, 0.2) is 24.3 Å². The Morgan fingerprint density at radius 2 is 2.03 bits per heavy atom. The molecule has 1 atom stereocenters. The van der Waals surface area contributed by atoms with Crippen LogP contribution in [0.1, 0.15) is 50.6 Å². The zero-order chi connectivity index (χ0) is 21.0. The third-order valence-electron chi connectivity index (χ3n) is 5.33. The van der Waals surface area contributed by atoms with Crippen molar-refractivity contribution in [2.24, 2.45) is 0 Å². The number of nitrogens with zero attached hydrogens (tertiary/aromatic N) is 1. The molecule has 29 heavy (non-hydrogen) atoms. The van der Waals surface area contributed by atoms with Gasteiger partial charge in [-0.25, -0.2) is 4.79 Å². The summed E-state index contributed by atoms with van der Waals surface area (Å²) in [5, 5.41) is 6.04. The van der Waals surface area contributed by atoms with E-state index in [0.29, 0.717) is 17.9 Å². The molecule has 8 nitrogen and oxygen atoms in total. The molecule has 1 saturated carbocycles. The van der Waals surface area contributed by atoms with Crippen LogP contribution < -0.4 is 10.6 Å². The van der Waals surface area contributed by atoms with Crippen LogP contribution in [0.4, 0.5) is 4.79 Å². The van der Waals surface area contributed by atoms with Crippen LogP contribution in [0.5, 0.6) is 0 Å². The van der Waals surface area contributed by atoms with Crippen LogP contribution in [-0.4, -0.2) is 47.4 Å². The van der Waals surface area contributed by atoms with E-state index in [1.165, 1.54) is 0 Å². The minimum atomic E-state index is -0.794. The maximum atomic E-state index is 12.5. The molecule has 1 heterocycles. The number of nitrogens with one attached hydrogen (secondary N) is 2. The molecule has 4 amide bonds. The zero-order valence-electron chi connectivity index (χ0n) is 16.2. The molecule has 0 radical (unpaired) electrons. The number of hydrogen-bond acceptors (Lipinski definition) is 5. The number of hydrogen-bond donors (Lipinski definition) is 2. The molecule has 9 heteroatoms. The smallest absolute Gasteiger partial charge is 0.325 e. The van der Waals surface area contributed by atoms with Crippen molar-refractivity contribution in [3.05, 3.63) is 34.9 Å². The van der Waals surface area contributed by atoms with Gasteiger partial charge in [0.25, 0.3) is 11.8 Å². The maximum Gasteiger partial charge on any atom is 0.325 e. The van der Waals surface area contributed by atoms with Gasteiger partial charge in [0.15, 0.2) is 6.61 Å². The minimum Gasteiger partial charge on any atom is -0.456 e. The summed E-state index contributed by atoms with van der Waals surface area (Å²) >= 11 is 5.94. The number of carbonyl (C=O) groups is 4. The second kappa shape index (κ2) is 8.82. The molecule has 0 unspecified atom stereocenters. The second-order valence-electron chi connectivity index (χ2n) is 7.43. The topological polar surface area (TPSA) is 105 Å². The van der Waals surface area contributed by atoms with Crippen molar-refractivity contribution in [2.75, 3.05) is 13.2 Å². The van der Waals surface area contributed by atoms with Crippen molar-refractivity contribution in [3.8, 4) is 0 Å². The van der Waals surface area contributed by atoms with E-state index < -0.39 is 30.1 Å². The number of benzene rings is 1. The van der Waals surface area contributed by atoms with Gasteiger partial charge in [-0.3, -0.25) is 19.3 Å². The number of rotatable bonds is 7. The quantitative estimate of drug-likeness (QED) is 0.519. The van der Waals surface area contributed by atoms with Crippen LogP contribution in [0, 0.1) is 0 Å². The van der Waals surface area contributed by atoms with E-state index in [2.05, 4.69) is 10.6 Å². The van der Waals surface area contributed by atoms with Crippen molar-refractivity contribution >= 4 is 35.4 Å². The lowest BCUT2D eigenvalue weighted by Crippen LogP contribution is -2.44. The van der Waals surface area contributed by atoms with Gasteiger partial charge in [0.05, 0.1) is 12.5 Å². The lowest BCUT2D eigenvalue weighted by atomic mass is 9.98. The molecule has 0 bridgehead atoms. The van der Waals surface area contributed by atoms with Gasteiger partial charge in [0, 0.05) is 11.6 Å². The molecule has 1 aliphatic carbocycles. The van der Waals surface area contributed by atoms with Gasteiger partial charge in [-0.2, -0.15) is 0 Å². The van der Waals surface area contributed by atoms with Crippen molar-refractivity contribution < 1.29 is 23.9 Å². The molecule has 1 saturated heterocycles. The van der Waals surface area contributed by atoms with E-state index in [1.54, 1.807) is 25.1 Å². The first kappa shape index (κ1) is 21.1. The van der Waals surface area contributed by atoms with Crippen LogP contribution in [0.25, 0.3) is 0 Å². The second-order valence-corrected chi connectivity index (χ2v) is 7.87. The lowest BCUT2D eigenvalue weighted by Gasteiger charge is -2.19. The Morgan fingerprint density at radius 3 is 2.72 bits per heavy atom. The molecular weight excluding hydrogens is 398 g/mol. The maximum absolute atomic E-state index is 12.5. The zero-order valence-corrected chi connectivity index (χ0v) is 17.0. The highest BCUT2D eigenvalue weighted by atomic mass is 35.5.